The van der Waals surface area contributed by atoms with Gasteiger partial charge < -0.3 is 9.30 Å². The predicted molar refractivity (Wildman–Crippen MR) is 81.2 cm³/mol. The summed E-state index contributed by atoms with van der Waals surface area (Å²) in [5.41, 5.74) is 1.41. The SMILES string of the molecule is c1cc(CN2CCc3nnc([C@@H]4CCCO4)n3CC2)cs1. The summed E-state index contributed by atoms with van der Waals surface area (Å²) in [5, 5.41) is 13.2. The normalized spacial score (nSPS) is 23.1. The fourth-order valence-corrected chi connectivity index (χ4v) is 3.87. The smallest absolute Gasteiger partial charge is 0.162 e. The summed E-state index contributed by atoms with van der Waals surface area (Å²) in [4.78, 5) is 2.51. The van der Waals surface area contributed by atoms with Crippen LogP contribution < -0.4 is 0 Å². The van der Waals surface area contributed by atoms with E-state index in [0.717, 1.165) is 63.7 Å². The Morgan fingerprint density at radius 2 is 2.29 bits per heavy atom. The van der Waals surface area contributed by atoms with E-state index in [1.165, 1.54) is 5.56 Å². The summed E-state index contributed by atoms with van der Waals surface area (Å²) in [6.45, 7) is 4.98. The van der Waals surface area contributed by atoms with Gasteiger partial charge in [-0.1, -0.05) is 0 Å². The third kappa shape index (κ3) is 2.75. The summed E-state index contributed by atoms with van der Waals surface area (Å²) in [6.07, 6.45) is 3.35. The minimum absolute atomic E-state index is 0.162. The van der Waals surface area contributed by atoms with Gasteiger partial charge in [0, 0.05) is 39.2 Å². The molecule has 1 atom stereocenters. The number of thiophene rings is 1. The summed E-state index contributed by atoms with van der Waals surface area (Å²) in [6, 6.07) is 2.22. The molecule has 4 heterocycles. The Morgan fingerprint density at radius 3 is 3.10 bits per heavy atom. The van der Waals surface area contributed by atoms with Gasteiger partial charge in [-0.05, 0) is 35.2 Å². The Bertz CT molecular complexity index is 589. The monoisotopic (exact) mass is 304 g/mol. The van der Waals surface area contributed by atoms with Gasteiger partial charge in [-0.2, -0.15) is 11.3 Å². The molecule has 1 saturated heterocycles. The lowest BCUT2D eigenvalue weighted by atomic mass is 10.2. The Kier molecular flexibility index (Phi) is 3.75. The van der Waals surface area contributed by atoms with Crippen molar-refractivity contribution in [2.75, 3.05) is 19.7 Å². The Balaban J connectivity index is 1.47. The molecule has 5 nitrogen and oxygen atoms in total. The molecule has 112 valence electrons. The van der Waals surface area contributed by atoms with Gasteiger partial charge in [0.05, 0.1) is 0 Å². The average Bonchev–Trinajstić information content (AvgIpc) is 3.21. The zero-order valence-electron chi connectivity index (χ0n) is 12.1. The first-order valence-electron chi connectivity index (χ1n) is 7.67. The quantitative estimate of drug-likeness (QED) is 0.872. The van der Waals surface area contributed by atoms with Crippen molar-refractivity contribution < 1.29 is 4.74 Å². The second-order valence-corrected chi connectivity index (χ2v) is 6.57. The van der Waals surface area contributed by atoms with Crippen LogP contribution >= 0.6 is 11.3 Å². The van der Waals surface area contributed by atoms with Crippen LogP contribution in [0.15, 0.2) is 16.8 Å². The molecule has 6 heteroatoms. The van der Waals surface area contributed by atoms with Crippen LogP contribution in [0.4, 0.5) is 0 Å². The maximum atomic E-state index is 5.78. The summed E-state index contributed by atoms with van der Waals surface area (Å²) in [7, 11) is 0. The van der Waals surface area contributed by atoms with E-state index < -0.39 is 0 Å². The predicted octanol–water partition coefficient (Wildman–Crippen LogP) is 2.25. The maximum absolute atomic E-state index is 5.78. The molecule has 2 aliphatic heterocycles. The van der Waals surface area contributed by atoms with Gasteiger partial charge in [-0.3, -0.25) is 4.90 Å². The van der Waals surface area contributed by atoms with Crippen molar-refractivity contribution >= 4 is 11.3 Å². The number of ether oxygens (including phenoxy) is 1. The van der Waals surface area contributed by atoms with Gasteiger partial charge in [-0.25, -0.2) is 0 Å². The van der Waals surface area contributed by atoms with Crippen LogP contribution in [0.5, 0.6) is 0 Å². The minimum atomic E-state index is 0.162. The van der Waals surface area contributed by atoms with Crippen molar-refractivity contribution in [1.29, 1.82) is 0 Å². The average molecular weight is 304 g/mol. The highest BCUT2D eigenvalue weighted by molar-refractivity contribution is 7.07. The Hall–Kier alpha value is -1.24. The second-order valence-electron chi connectivity index (χ2n) is 5.79. The zero-order chi connectivity index (χ0) is 14.1. The maximum Gasteiger partial charge on any atom is 0.162 e. The summed E-state index contributed by atoms with van der Waals surface area (Å²) in [5.74, 6) is 2.16. The highest BCUT2D eigenvalue weighted by Gasteiger charge is 2.26. The van der Waals surface area contributed by atoms with E-state index in [2.05, 4.69) is 36.5 Å². The third-order valence-electron chi connectivity index (χ3n) is 4.35. The van der Waals surface area contributed by atoms with Crippen LogP contribution in [-0.2, 0) is 24.2 Å². The number of rotatable bonds is 3. The van der Waals surface area contributed by atoms with Gasteiger partial charge in [-0.15, -0.1) is 10.2 Å². The molecule has 4 rings (SSSR count). The lowest BCUT2D eigenvalue weighted by molar-refractivity contribution is 0.101. The van der Waals surface area contributed by atoms with Gasteiger partial charge in [0.1, 0.15) is 11.9 Å². The lowest BCUT2D eigenvalue weighted by Gasteiger charge is -2.19. The molecule has 0 radical (unpaired) electrons. The Labute approximate surface area is 128 Å². The highest BCUT2D eigenvalue weighted by atomic mass is 32.1. The molecule has 0 saturated carbocycles. The van der Waals surface area contributed by atoms with Crippen LogP contribution in [0.1, 0.15) is 36.2 Å². The van der Waals surface area contributed by atoms with Crippen LogP contribution in [0.3, 0.4) is 0 Å². The molecule has 1 fully saturated rings. The van der Waals surface area contributed by atoms with Gasteiger partial charge in [0.15, 0.2) is 5.82 Å². The largest absolute Gasteiger partial charge is 0.370 e. The summed E-state index contributed by atoms with van der Waals surface area (Å²) < 4.78 is 8.08. The molecule has 2 aliphatic rings. The van der Waals surface area contributed by atoms with Crippen molar-refractivity contribution in [1.82, 2.24) is 19.7 Å². The van der Waals surface area contributed by atoms with E-state index in [1.54, 1.807) is 11.3 Å². The first-order chi connectivity index (χ1) is 10.4. The molecule has 0 amide bonds. The van der Waals surface area contributed by atoms with Gasteiger partial charge in [0.25, 0.3) is 0 Å². The molecular formula is C15H20N4OS. The fraction of sp³-hybridized carbons (Fsp3) is 0.600. The second kappa shape index (κ2) is 5.87. The topological polar surface area (TPSA) is 43.2 Å². The molecule has 0 bridgehead atoms. The van der Waals surface area contributed by atoms with Gasteiger partial charge >= 0.3 is 0 Å². The molecule has 0 N–H and O–H groups in total. The van der Waals surface area contributed by atoms with E-state index in [9.17, 15) is 0 Å². The number of nitrogens with zero attached hydrogens (tertiary/aromatic N) is 4. The first kappa shape index (κ1) is 13.4. The number of hydrogen-bond acceptors (Lipinski definition) is 5. The van der Waals surface area contributed by atoms with Crippen LogP contribution in [0.25, 0.3) is 0 Å². The van der Waals surface area contributed by atoms with E-state index in [4.69, 9.17) is 4.74 Å². The third-order valence-corrected chi connectivity index (χ3v) is 5.08. The molecule has 0 aromatic carbocycles. The highest BCUT2D eigenvalue weighted by Crippen LogP contribution is 2.28. The minimum Gasteiger partial charge on any atom is -0.370 e. The van der Waals surface area contributed by atoms with Crippen molar-refractivity contribution in [2.24, 2.45) is 0 Å². The zero-order valence-corrected chi connectivity index (χ0v) is 12.9. The van der Waals surface area contributed by atoms with Crippen LogP contribution in [0.2, 0.25) is 0 Å². The molecular weight excluding hydrogens is 284 g/mol. The van der Waals surface area contributed by atoms with E-state index in [0.29, 0.717) is 0 Å². The van der Waals surface area contributed by atoms with Crippen molar-refractivity contribution in [3.63, 3.8) is 0 Å². The van der Waals surface area contributed by atoms with Crippen LogP contribution in [-0.4, -0.2) is 39.4 Å². The molecule has 2 aromatic heterocycles. The first-order valence-corrected chi connectivity index (χ1v) is 8.61. The molecule has 0 aliphatic carbocycles. The standard InChI is InChI=1S/C15H20N4OS/c1-2-13(20-8-1)15-17-16-14-3-5-18(6-7-19(14)15)10-12-4-9-21-11-12/h4,9,11,13H,1-3,5-8,10H2/t13-/m0/s1. The fourth-order valence-electron chi connectivity index (χ4n) is 3.21. The lowest BCUT2D eigenvalue weighted by Crippen LogP contribution is -2.26. The molecule has 0 spiro atoms. The number of fused-ring (bicyclic) bond motifs is 1. The van der Waals surface area contributed by atoms with Crippen molar-refractivity contribution in [2.45, 2.75) is 38.5 Å². The van der Waals surface area contributed by atoms with Crippen LogP contribution in [0, 0.1) is 0 Å². The van der Waals surface area contributed by atoms with E-state index in [1.807, 2.05) is 0 Å². The van der Waals surface area contributed by atoms with Gasteiger partial charge in [0.2, 0.25) is 0 Å². The number of aromatic nitrogens is 3. The summed E-state index contributed by atoms with van der Waals surface area (Å²) >= 11 is 1.77. The molecule has 21 heavy (non-hydrogen) atoms. The molecule has 0 unspecified atom stereocenters. The van der Waals surface area contributed by atoms with E-state index >= 15 is 0 Å². The van der Waals surface area contributed by atoms with Crippen molar-refractivity contribution in [3.8, 4) is 0 Å². The number of hydrogen-bond donors (Lipinski definition) is 0. The van der Waals surface area contributed by atoms with E-state index in [-0.39, 0.29) is 6.10 Å². The molecule has 2 aromatic rings. The Morgan fingerprint density at radius 1 is 1.29 bits per heavy atom. The van der Waals surface area contributed by atoms with Crippen molar-refractivity contribution in [3.05, 3.63) is 34.0 Å².